The van der Waals surface area contributed by atoms with Crippen LogP contribution in [0.4, 0.5) is 4.39 Å². The molecule has 0 bridgehead atoms. The van der Waals surface area contributed by atoms with Gasteiger partial charge >= 0.3 is 0 Å². The molecular weight excluding hydrogens is 355 g/mol. The maximum Gasteiger partial charge on any atom is 0.168 e. The molecule has 2 atom stereocenters. The molecule has 3 aliphatic rings. The summed E-state index contributed by atoms with van der Waals surface area (Å²) in [6.07, 6.45) is 7.76. The monoisotopic (exact) mass is 386 g/mol. The number of carbonyl (C=O) groups is 1. The Morgan fingerprint density at radius 3 is 2.68 bits per heavy atom. The van der Waals surface area contributed by atoms with Gasteiger partial charge in [0, 0.05) is 23.8 Å². The highest BCUT2D eigenvalue weighted by Crippen LogP contribution is 2.57. The molecule has 3 fully saturated rings. The van der Waals surface area contributed by atoms with Crippen LogP contribution in [0, 0.1) is 23.1 Å². The molecule has 28 heavy (non-hydrogen) atoms. The Kier molecular flexibility index (Phi) is 5.45. The van der Waals surface area contributed by atoms with Gasteiger partial charge in [0.05, 0.1) is 13.2 Å². The van der Waals surface area contributed by atoms with Crippen LogP contribution in [0.25, 0.3) is 6.08 Å². The fraction of sp³-hybridized carbons (Fsp3) is 0.625. The Bertz CT molecular complexity index is 763. The first-order valence-electron chi connectivity index (χ1n) is 10.7. The number of halogens is 1. The van der Waals surface area contributed by atoms with E-state index in [1.807, 2.05) is 6.07 Å². The molecule has 4 rings (SSSR count). The van der Waals surface area contributed by atoms with E-state index in [0.29, 0.717) is 31.1 Å². The van der Waals surface area contributed by atoms with Crippen LogP contribution in [-0.4, -0.2) is 24.8 Å². The zero-order valence-corrected chi connectivity index (χ0v) is 17.0. The third-order valence-electron chi connectivity index (χ3n) is 7.01. The van der Waals surface area contributed by atoms with E-state index in [1.54, 1.807) is 18.2 Å². The van der Waals surface area contributed by atoms with Crippen LogP contribution in [0.2, 0.25) is 0 Å². The van der Waals surface area contributed by atoms with Gasteiger partial charge in [0.25, 0.3) is 0 Å². The maximum atomic E-state index is 14.2. The van der Waals surface area contributed by atoms with E-state index < -0.39 is 5.79 Å². The Morgan fingerprint density at radius 1 is 1.21 bits per heavy atom. The fourth-order valence-corrected chi connectivity index (χ4v) is 5.40. The maximum absolute atomic E-state index is 14.2. The van der Waals surface area contributed by atoms with Crippen LogP contribution in [-0.2, 0) is 14.3 Å². The van der Waals surface area contributed by atoms with Crippen molar-refractivity contribution in [3.8, 4) is 0 Å². The van der Waals surface area contributed by atoms with Crippen LogP contribution >= 0.6 is 0 Å². The zero-order chi connectivity index (χ0) is 19.8. The van der Waals surface area contributed by atoms with Crippen LogP contribution in [0.5, 0.6) is 0 Å². The predicted octanol–water partition coefficient (Wildman–Crippen LogP) is 5.54. The summed E-state index contributed by atoms with van der Waals surface area (Å²) in [6.45, 7) is 5.72. The molecule has 0 unspecified atom stereocenters. The van der Waals surface area contributed by atoms with Crippen molar-refractivity contribution in [3.05, 3.63) is 41.2 Å². The molecule has 1 aromatic rings. The average molecular weight is 387 g/mol. The molecular formula is C24H31FO3. The SMILES string of the molecule is CC(C)CC[C@@]12CCC3(C[C@H]1CC/C(=C\c1ccccc1F)C2=O)OCCO3. The molecule has 1 spiro atoms. The van der Waals surface area contributed by atoms with Crippen molar-refractivity contribution in [1.29, 1.82) is 0 Å². The van der Waals surface area contributed by atoms with Crippen LogP contribution < -0.4 is 0 Å². The number of ketones is 1. The molecule has 2 saturated carbocycles. The molecule has 3 nitrogen and oxygen atoms in total. The summed E-state index contributed by atoms with van der Waals surface area (Å²) in [7, 11) is 0. The van der Waals surface area contributed by atoms with E-state index in [-0.39, 0.29) is 22.9 Å². The minimum Gasteiger partial charge on any atom is -0.348 e. The molecule has 1 aromatic carbocycles. The Labute approximate surface area is 167 Å². The topological polar surface area (TPSA) is 35.5 Å². The molecule has 0 N–H and O–H groups in total. The van der Waals surface area contributed by atoms with E-state index in [2.05, 4.69) is 13.8 Å². The molecule has 1 heterocycles. The number of fused-ring (bicyclic) bond motifs is 1. The van der Waals surface area contributed by atoms with Crippen LogP contribution in [0.3, 0.4) is 0 Å². The van der Waals surface area contributed by atoms with Crippen LogP contribution in [0.15, 0.2) is 29.8 Å². The van der Waals surface area contributed by atoms with Gasteiger partial charge in [-0.1, -0.05) is 32.0 Å². The van der Waals surface area contributed by atoms with E-state index >= 15 is 0 Å². The van der Waals surface area contributed by atoms with Gasteiger partial charge in [-0.15, -0.1) is 0 Å². The summed E-state index contributed by atoms with van der Waals surface area (Å²) in [5, 5.41) is 0. The number of carbonyl (C=O) groups excluding carboxylic acids is 1. The third-order valence-corrected chi connectivity index (χ3v) is 7.01. The molecule has 1 aliphatic heterocycles. The number of ether oxygens (including phenoxy) is 2. The van der Waals surface area contributed by atoms with Crippen molar-refractivity contribution < 1.29 is 18.7 Å². The fourth-order valence-electron chi connectivity index (χ4n) is 5.40. The summed E-state index contributed by atoms with van der Waals surface area (Å²) >= 11 is 0. The smallest absolute Gasteiger partial charge is 0.168 e. The van der Waals surface area contributed by atoms with Crippen molar-refractivity contribution in [3.63, 3.8) is 0 Å². The lowest BCUT2D eigenvalue weighted by Gasteiger charge is -2.51. The number of rotatable bonds is 4. The molecule has 0 radical (unpaired) electrons. The second-order valence-corrected chi connectivity index (χ2v) is 9.16. The minimum atomic E-state index is -0.473. The summed E-state index contributed by atoms with van der Waals surface area (Å²) in [4.78, 5) is 13.7. The van der Waals surface area contributed by atoms with Gasteiger partial charge in [-0.3, -0.25) is 4.79 Å². The first kappa shape index (κ1) is 19.8. The van der Waals surface area contributed by atoms with Gasteiger partial charge < -0.3 is 9.47 Å². The first-order valence-corrected chi connectivity index (χ1v) is 10.7. The van der Waals surface area contributed by atoms with Crippen molar-refractivity contribution in [2.24, 2.45) is 17.3 Å². The minimum absolute atomic E-state index is 0.237. The van der Waals surface area contributed by atoms with E-state index in [9.17, 15) is 9.18 Å². The lowest BCUT2D eigenvalue weighted by molar-refractivity contribution is -0.210. The summed E-state index contributed by atoms with van der Waals surface area (Å²) in [6, 6.07) is 6.70. The van der Waals surface area contributed by atoms with Gasteiger partial charge in [-0.05, 0) is 61.7 Å². The number of benzene rings is 1. The lowest BCUT2D eigenvalue weighted by atomic mass is 9.54. The van der Waals surface area contributed by atoms with Crippen molar-refractivity contribution in [2.45, 2.75) is 64.6 Å². The Balaban J connectivity index is 1.64. The van der Waals surface area contributed by atoms with Gasteiger partial charge in [0.1, 0.15) is 5.82 Å². The van der Waals surface area contributed by atoms with Crippen molar-refractivity contribution in [2.75, 3.05) is 13.2 Å². The highest BCUT2D eigenvalue weighted by molar-refractivity contribution is 6.04. The predicted molar refractivity (Wildman–Crippen MR) is 107 cm³/mol. The highest BCUT2D eigenvalue weighted by atomic mass is 19.1. The molecule has 0 aromatic heterocycles. The third kappa shape index (κ3) is 3.57. The largest absolute Gasteiger partial charge is 0.348 e. The van der Waals surface area contributed by atoms with Crippen LogP contribution in [0.1, 0.15) is 64.4 Å². The zero-order valence-electron chi connectivity index (χ0n) is 17.0. The number of allylic oxidation sites excluding steroid dienone is 1. The summed E-state index contributed by atoms with van der Waals surface area (Å²) in [5.41, 5.74) is 0.951. The van der Waals surface area contributed by atoms with E-state index in [4.69, 9.17) is 9.47 Å². The lowest BCUT2D eigenvalue weighted by Crippen LogP contribution is -2.52. The molecule has 152 valence electrons. The molecule has 1 saturated heterocycles. The van der Waals surface area contributed by atoms with E-state index in [1.165, 1.54) is 6.07 Å². The molecule has 0 amide bonds. The standard InChI is InChI=1S/C24H31FO3/c1-17(2)9-10-23-11-12-24(27-13-14-28-24)16-20(23)8-7-19(22(23)26)15-18-5-3-4-6-21(18)25/h3-6,15,17,20H,7-14,16H2,1-2H3/b19-15+/t20-,23-/m1/s1. The molecule has 2 aliphatic carbocycles. The second-order valence-electron chi connectivity index (χ2n) is 9.16. The van der Waals surface area contributed by atoms with Crippen molar-refractivity contribution >= 4 is 11.9 Å². The Morgan fingerprint density at radius 2 is 1.96 bits per heavy atom. The summed E-state index contributed by atoms with van der Waals surface area (Å²) < 4.78 is 26.1. The highest BCUT2D eigenvalue weighted by Gasteiger charge is 2.56. The van der Waals surface area contributed by atoms with Gasteiger partial charge in [-0.2, -0.15) is 0 Å². The second kappa shape index (κ2) is 7.72. The van der Waals surface area contributed by atoms with Gasteiger partial charge in [0.2, 0.25) is 0 Å². The number of hydrogen-bond acceptors (Lipinski definition) is 3. The van der Waals surface area contributed by atoms with Gasteiger partial charge in [-0.25, -0.2) is 4.39 Å². The average Bonchev–Trinajstić information content (AvgIpc) is 3.13. The summed E-state index contributed by atoms with van der Waals surface area (Å²) in [5.74, 6) is 0.331. The molecule has 4 heteroatoms. The normalized spacial score (nSPS) is 30.9. The first-order chi connectivity index (χ1) is 13.4. The van der Waals surface area contributed by atoms with Gasteiger partial charge in [0.15, 0.2) is 11.6 Å². The van der Waals surface area contributed by atoms with Crippen molar-refractivity contribution in [1.82, 2.24) is 0 Å². The quantitative estimate of drug-likeness (QED) is 0.638. The Hall–Kier alpha value is -1.52. The number of hydrogen-bond donors (Lipinski definition) is 0. The van der Waals surface area contributed by atoms with E-state index in [0.717, 1.165) is 44.1 Å². The number of Topliss-reactive ketones (excluding diaryl/α,β-unsaturated/α-hetero) is 1.